The van der Waals surface area contributed by atoms with Crippen LogP contribution in [0, 0.1) is 0 Å². The Morgan fingerprint density at radius 1 is 1.57 bits per heavy atom. The van der Waals surface area contributed by atoms with Gasteiger partial charge in [0.05, 0.1) is 12.5 Å². The zero-order chi connectivity index (χ0) is 9.47. The van der Waals surface area contributed by atoms with Crippen molar-refractivity contribution in [2.24, 2.45) is 0 Å². The third-order valence-corrected chi connectivity index (χ3v) is 2.30. The summed E-state index contributed by atoms with van der Waals surface area (Å²) in [5.74, 6) is 0.248. The van der Waals surface area contributed by atoms with Crippen molar-refractivity contribution >= 4 is 16.1 Å². The Bertz CT molecular complexity index is 412. The van der Waals surface area contributed by atoms with Crippen molar-refractivity contribution in [3.05, 3.63) is 12.5 Å². The monoisotopic (exact) mass is 209 g/mol. The molecule has 1 heterocycles. The van der Waals surface area contributed by atoms with E-state index in [0.29, 0.717) is 6.04 Å². The minimum atomic E-state index is -4.44. The van der Waals surface area contributed by atoms with Gasteiger partial charge in [0.2, 0.25) is 0 Å². The fourth-order valence-corrected chi connectivity index (χ4v) is 1.57. The molecule has 8 heteroatoms. The van der Waals surface area contributed by atoms with Crippen molar-refractivity contribution in [1.82, 2.24) is 9.55 Å². The van der Waals surface area contributed by atoms with E-state index >= 15 is 0 Å². The number of rotatable bonds is 3. The van der Waals surface area contributed by atoms with Crippen molar-refractivity contribution in [3.63, 3.8) is 0 Å². The number of hydrogen-bond acceptors (Lipinski definition) is 4. The molecule has 1 aliphatic carbocycles. The van der Waals surface area contributed by atoms with Gasteiger partial charge in [-0.15, -0.1) is 0 Å². The number of imidazole rings is 1. The van der Waals surface area contributed by atoms with E-state index in [9.17, 15) is 13.0 Å². The normalized spacial score (nSPS) is 16.1. The van der Waals surface area contributed by atoms with E-state index in [4.69, 9.17) is 0 Å². The molecular formula is C6H8LiN3O3S. The second-order valence-corrected chi connectivity index (χ2v) is 4.09. The Morgan fingerprint density at radius 3 is 2.71 bits per heavy atom. The average molecular weight is 209 g/mol. The van der Waals surface area contributed by atoms with Gasteiger partial charge < -0.3 is 9.12 Å². The number of hydrogen-bond donors (Lipinski definition) is 1. The zero-order valence-electron chi connectivity index (χ0n) is 7.67. The molecule has 2 rings (SSSR count). The molecule has 6 nitrogen and oxygen atoms in total. The van der Waals surface area contributed by atoms with Gasteiger partial charge in [-0.2, -0.15) is 0 Å². The quantitative estimate of drug-likeness (QED) is 0.427. The molecule has 14 heavy (non-hydrogen) atoms. The molecule has 1 N–H and O–H groups in total. The smallest absolute Gasteiger partial charge is 0.731 e. The molecule has 1 fully saturated rings. The summed E-state index contributed by atoms with van der Waals surface area (Å²) in [7, 11) is -4.44. The molecule has 0 aliphatic heterocycles. The van der Waals surface area contributed by atoms with Gasteiger partial charge >= 0.3 is 18.9 Å². The maximum Gasteiger partial charge on any atom is 1.00 e. The topological polar surface area (TPSA) is 87.1 Å². The first kappa shape index (κ1) is 11.6. The van der Waals surface area contributed by atoms with Crippen molar-refractivity contribution in [2.45, 2.75) is 18.9 Å². The van der Waals surface area contributed by atoms with E-state index in [1.165, 1.54) is 12.5 Å². The van der Waals surface area contributed by atoms with Gasteiger partial charge in [-0.05, 0) is 12.8 Å². The molecule has 0 atom stereocenters. The number of nitrogens with one attached hydrogen (secondary N) is 1. The van der Waals surface area contributed by atoms with Crippen LogP contribution in [-0.4, -0.2) is 22.5 Å². The van der Waals surface area contributed by atoms with E-state index in [-0.39, 0.29) is 24.7 Å². The summed E-state index contributed by atoms with van der Waals surface area (Å²) in [4.78, 5) is 3.76. The van der Waals surface area contributed by atoms with E-state index in [1.54, 1.807) is 4.57 Å². The Labute approximate surface area is 93.8 Å². The molecule has 0 unspecified atom stereocenters. The van der Waals surface area contributed by atoms with Crippen LogP contribution < -0.4 is 23.6 Å². The molecule has 0 aromatic carbocycles. The molecule has 0 radical (unpaired) electrons. The van der Waals surface area contributed by atoms with Crippen molar-refractivity contribution in [1.29, 1.82) is 0 Å². The summed E-state index contributed by atoms with van der Waals surface area (Å²) in [6.45, 7) is 0. The first-order valence-electron chi connectivity index (χ1n) is 3.82. The fourth-order valence-electron chi connectivity index (χ4n) is 1.16. The van der Waals surface area contributed by atoms with Crippen LogP contribution in [0.4, 0.5) is 5.82 Å². The zero-order valence-corrected chi connectivity index (χ0v) is 8.49. The molecule has 0 saturated heterocycles. The molecule has 1 aromatic heterocycles. The predicted octanol–water partition coefficient (Wildman–Crippen LogP) is -2.91. The predicted molar refractivity (Wildman–Crippen MR) is 43.8 cm³/mol. The van der Waals surface area contributed by atoms with Crippen molar-refractivity contribution in [2.75, 3.05) is 4.72 Å². The minimum Gasteiger partial charge on any atom is -0.731 e. The molecule has 0 amide bonds. The van der Waals surface area contributed by atoms with Gasteiger partial charge in [-0.3, -0.25) is 4.72 Å². The summed E-state index contributed by atoms with van der Waals surface area (Å²) in [6.07, 6.45) is 4.85. The second-order valence-electron chi connectivity index (χ2n) is 2.97. The first-order valence-corrected chi connectivity index (χ1v) is 5.22. The maximum absolute atomic E-state index is 10.4. The molecule has 1 aliphatic rings. The van der Waals surface area contributed by atoms with Crippen LogP contribution in [-0.2, 0) is 10.3 Å². The summed E-state index contributed by atoms with van der Waals surface area (Å²) in [5.41, 5.74) is 0. The molecule has 72 valence electrons. The summed E-state index contributed by atoms with van der Waals surface area (Å²) in [5, 5.41) is 0. The van der Waals surface area contributed by atoms with Crippen LogP contribution in [0.15, 0.2) is 12.5 Å². The van der Waals surface area contributed by atoms with Crippen molar-refractivity contribution < 1.29 is 31.8 Å². The minimum absolute atomic E-state index is 0. The Kier molecular flexibility index (Phi) is 3.27. The third-order valence-electron chi connectivity index (χ3n) is 1.84. The summed E-state index contributed by atoms with van der Waals surface area (Å²) >= 11 is 0. The Balaban J connectivity index is 0.000000980. The van der Waals surface area contributed by atoms with Gasteiger partial charge in [-0.25, -0.2) is 13.4 Å². The van der Waals surface area contributed by atoms with Crippen LogP contribution >= 0.6 is 0 Å². The second kappa shape index (κ2) is 3.94. The maximum atomic E-state index is 10.4. The van der Waals surface area contributed by atoms with Gasteiger partial charge in [0.1, 0.15) is 5.82 Å². The summed E-state index contributed by atoms with van der Waals surface area (Å²) < 4.78 is 34.7. The van der Waals surface area contributed by atoms with Crippen LogP contribution in [0.5, 0.6) is 0 Å². The van der Waals surface area contributed by atoms with E-state index in [1.807, 2.05) is 4.72 Å². The Hall–Kier alpha value is -0.483. The van der Waals surface area contributed by atoms with Gasteiger partial charge in [0.15, 0.2) is 10.3 Å². The number of anilines is 1. The molecule has 1 aromatic rings. The van der Waals surface area contributed by atoms with Crippen LogP contribution in [0.2, 0.25) is 0 Å². The van der Waals surface area contributed by atoms with Gasteiger partial charge in [-0.1, -0.05) is 0 Å². The van der Waals surface area contributed by atoms with E-state index in [2.05, 4.69) is 4.98 Å². The van der Waals surface area contributed by atoms with Crippen molar-refractivity contribution in [3.8, 4) is 0 Å². The molecular weight excluding hydrogens is 201 g/mol. The molecule has 0 bridgehead atoms. The fraction of sp³-hybridized carbons (Fsp3) is 0.500. The van der Waals surface area contributed by atoms with E-state index in [0.717, 1.165) is 12.8 Å². The standard InChI is InChI=1S/C6H9N3O3S.Li/c10-13(11,12)8-6-3-7-4-9(6)5-1-2-5;/h3-5,8H,1-2H2,(H,10,11,12);/q;+1/p-1. The van der Waals surface area contributed by atoms with Crippen LogP contribution in [0.1, 0.15) is 18.9 Å². The van der Waals surface area contributed by atoms with Crippen LogP contribution in [0.25, 0.3) is 0 Å². The van der Waals surface area contributed by atoms with E-state index < -0.39 is 10.3 Å². The first-order chi connectivity index (χ1) is 6.06. The average Bonchev–Trinajstić information content (AvgIpc) is 2.72. The molecule has 0 spiro atoms. The SMILES string of the molecule is O=S(=O)([O-])Nc1cncn1C1CC1.[Li+]. The summed E-state index contributed by atoms with van der Waals surface area (Å²) in [6, 6.07) is 0.298. The van der Waals surface area contributed by atoms with Gasteiger partial charge in [0.25, 0.3) is 0 Å². The largest absolute Gasteiger partial charge is 1.00 e. The number of nitrogens with zero attached hydrogens (tertiary/aromatic N) is 2. The third kappa shape index (κ3) is 2.75. The van der Waals surface area contributed by atoms with Gasteiger partial charge in [0, 0.05) is 6.04 Å². The Morgan fingerprint density at radius 2 is 2.21 bits per heavy atom. The van der Waals surface area contributed by atoms with Crippen LogP contribution in [0.3, 0.4) is 0 Å². The molecule has 1 saturated carbocycles. The number of aromatic nitrogens is 2.